The van der Waals surface area contributed by atoms with E-state index >= 15 is 0 Å². The maximum absolute atomic E-state index is 12.7. The predicted molar refractivity (Wildman–Crippen MR) is 112 cm³/mol. The molecule has 0 spiro atoms. The van der Waals surface area contributed by atoms with E-state index in [1.807, 2.05) is 0 Å². The van der Waals surface area contributed by atoms with Crippen LogP contribution in [0.2, 0.25) is 0 Å². The van der Waals surface area contributed by atoms with Crippen molar-refractivity contribution >= 4 is 40.8 Å². The van der Waals surface area contributed by atoms with Crippen molar-refractivity contribution in [2.75, 3.05) is 10.2 Å². The number of non-ortho nitro benzene ring substituents is 1. The summed E-state index contributed by atoms with van der Waals surface area (Å²) in [6, 6.07) is 14.7. The molecule has 10 nitrogen and oxygen atoms in total. The van der Waals surface area contributed by atoms with Gasteiger partial charge in [-0.1, -0.05) is 0 Å². The van der Waals surface area contributed by atoms with Crippen LogP contribution >= 0.6 is 0 Å². The van der Waals surface area contributed by atoms with Gasteiger partial charge in [0.15, 0.2) is 0 Å². The van der Waals surface area contributed by atoms with Crippen LogP contribution in [-0.2, 0) is 0 Å². The van der Waals surface area contributed by atoms with Gasteiger partial charge in [0.25, 0.3) is 23.4 Å². The highest BCUT2D eigenvalue weighted by molar-refractivity contribution is 6.34. The minimum Gasteiger partial charge on any atom is -0.478 e. The molecule has 0 unspecified atom stereocenters. The highest BCUT2D eigenvalue weighted by Crippen LogP contribution is 2.31. The third-order valence-electron chi connectivity index (χ3n) is 4.86. The zero-order valence-electron chi connectivity index (χ0n) is 16.1. The number of amides is 3. The standard InChI is InChI=1S/C22H13N3O7/c26-19(23-14-5-1-13(2-6-14)22(29)30)12-3-7-15(8-4-12)24-20(27)17-10-9-16(25(31)32)11-18(17)21(24)28/h1-11H,(H,23,26)(H,29,30). The number of nitrogens with one attached hydrogen (secondary N) is 1. The summed E-state index contributed by atoms with van der Waals surface area (Å²) in [5.41, 5.74) is 0.632. The molecule has 1 aliphatic rings. The number of rotatable bonds is 5. The number of nitrogens with zero attached hydrogens (tertiary/aromatic N) is 2. The van der Waals surface area contributed by atoms with Crippen LogP contribution in [0.4, 0.5) is 17.1 Å². The Morgan fingerprint density at radius 1 is 0.844 bits per heavy atom. The average molecular weight is 431 g/mol. The van der Waals surface area contributed by atoms with Crippen molar-refractivity contribution in [3.05, 3.63) is 99.1 Å². The van der Waals surface area contributed by atoms with Crippen LogP contribution < -0.4 is 10.2 Å². The van der Waals surface area contributed by atoms with E-state index in [9.17, 15) is 29.3 Å². The molecule has 0 fully saturated rings. The maximum atomic E-state index is 12.7. The van der Waals surface area contributed by atoms with Crippen molar-refractivity contribution in [2.45, 2.75) is 0 Å². The van der Waals surface area contributed by atoms with Gasteiger partial charge in [-0.05, 0) is 54.6 Å². The highest BCUT2D eigenvalue weighted by atomic mass is 16.6. The predicted octanol–water partition coefficient (Wildman–Crippen LogP) is 3.35. The number of aromatic carboxylic acids is 1. The van der Waals surface area contributed by atoms with Crippen molar-refractivity contribution in [1.82, 2.24) is 0 Å². The molecule has 2 N–H and O–H groups in total. The van der Waals surface area contributed by atoms with E-state index in [0.29, 0.717) is 5.69 Å². The van der Waals surface area contributed by atoms with Crippen LogP contribution in [0.5, 0.6) is 0 Å². The summed E-state index contributed by atoms with van der Waals surface area (Å²) in [4.78, 5) is 59.8. The van der Waals surface area contributed by atoms with Crippen LogP contribution in [0.1, 0.15) is 41.4 Å². The van der Waals surface area contributed by atoms with E-state index in [0.717, 1.165) is 17.0 Å². The molecule has 3 aromatic carbocycles. The summed E-state index contributed by atoms with van der Waals surface area (Å²) < 4.78 is 0. The third kappa shape index (κ3) is 3.56. The quantitative estimate of drug-likeness (QED) is 0.358. The molecular weight excluding hydrogens is 418 g/mol. The molecule has 1 heterocycles. The summed E-state index contributed by atoms with van der Waals surface area (Å²) in [5, 5.41) is 22.5. The van der Waals surface area contributed by atoms with Gasteiger partial charge in [-0.25, -0.2) is 9.69 Å². The van der Waals surface area contributed by atoms with Crippen molar-refractivity contribution in [1.29, 1.82) is 0 Å². The van der Waals surface area contributed by atoms with Crippen LogP contribution in [0.25, 0.3) is 0 Å². The number of hydrogen-bond donors (Lipinski definition) is 2. The third-order valence-corrected chi connectivity index (χ3v) is 4.86. The van der Waals surface area contributed by atoms with Gasteiger partial charge >= 0.3 is 5.97 Å². The summed E-state index contributed by atoms with van der Waals surface area (Å²) >= 11 is 0. The van der Waals surface area contributed by atoms with Gasteiger partial charge in [0.2, 0.25) is 0 Å². The highest BCUT2D eigenvalue weighted by Gasteiger charge is 2.37. The molecule has 3 amide bonds. The smallest absolute Gasteiger partial charge is 0.335 e. The molecule has 0 atom stereocenters. The molecule has 0 saturated heterocycles. The summed E-state index contributed by atoms with van der Waals surface area (Å²) in [7, 11) is 0. The zero-order valence-corrected chi connectivity index (χ0v) is 16.1. The number of carboxylic acids is 1. The average Bonchev–Trinajstić information content (AvgIpc) is 3.03. The van der Waals surface area contributed by atoms with Crippen molar-refractivity contribution < 1.29 is 29.2 Å². The zero-order chi connectivity index (χ0) is 23.0. The van der Waals surface area contributed by atoms with Gasteiger partial charge in [-0.15, -0.1) is 0 Å². The second kappa shape index (κ2) is 7.76. The molecule has 32 heavy (non-hydrogen) atoms. The van der Waals surface area contributed by atoms with Gasteiger partial charge in [0, 0.05) is 23.4 Å². The minimum absolute atomic E-state index is 0.0594. The molecule has 158 valence electrons. The van der Waals surface area contributed by atoms with Gasteiger partial charge in [0.1, 0.15) is 0 Å². The largest absolute Gasteiger partial charge is 0.478 e. The SMILES string of the molecule is O=C(O)c1ccc(NC(=O)c2ccc(N3C(=O)c4ccc([N+](=O)[O-])cc4C3=O)cc2)cc1. The van der Waals surface area contributed by atoms with Crippen molar-refractivity contribution in [3.8, 4) is 0 Å². The molecule has 1 aliphatic heterocycles. The Morgan fingerprint density at radius 2 is 1.44 bits per heavy atom. The van der Waals surface area contributed by atoms with Gasteiger partial charge in [-0.2, -0.15) is 0 Å². The first-order valence-corrected chi connectivity index (χ1v) is 9.18. The first kappa shape index (κ1) is 20.4. The molecular formula is C22H13N3O7. The molecule has 0 saturated carbocycles. The Hall–Kier alpha value is -4.86. The maximum Gasteiger partial charge on any atom is 0.335 e. The number of nitro benzene ring substituents is 1. The molecule has 10 heteroatoms. The van der Waals surface area contributed by atoms with E-state index < -0.39 is 28.6 Å². The minimum atomic E-state index is -1.08. The fourth-order valence-electron chi connectivity index (χ4n) is 3.24. The number of carbonyl (C=O) groups is 4. The van der Waals surface area contributed by atoms with Crippen molar-refractivity contribution in [2.24, 2.45) is 0 Å². The summed E-state index contributed by atoms with van der Waals surface area (Å²) in [6.07, 6.45) is 0. The molecule has 0 radical (unpaired) electrons. The van der Waals surface area contributed by atoms with Gasteiger partial charge < -0.3 is 10.4 Å². The van der Waals surface area contributed by atoms with E-state index in [-0.39, 0.29) is 33.6 Å². The normalized spacial score (nSPS) is 12.4. The Balaban J connectivity index is 1.52. The Kier molecular flexibility index (Phi) is 4.95. The lowest BCUT2D eigenvalue weighted by molar-refractivity contribution is -0.384. The number of fused-ring (bicyclic) bond motifs is 1. The lowest BCUT2D eigenvalue weighted by Gasteiger charge is -2.14. The van der Waals surface area contributed by atoms with E-state index in [2.05, 4.69) is 5.32 Å². The van der Waals surface area contributed by atoms with Crippen LogP contribution in [-0.4, -0.2) is 33.7 Å². The lowest BCUT2D eigenvalue weighted by atomic mass is 10.1. The molecule has 0 bridgehead atoms. The number of hydrogen-bond acceptors (Lipinski definition) is 6. The summed E-state index contributed by atoms with van der Waals surface area (Å²) in [5.74, 6) is -2.86. The Labute approximate surface area is 179 Å². The monoisotopic (exact) mass is 431 g/mol. The van der Waals surface area contributed by atoms with Gasteiger partial charge in [-0.3, -0.25) is 24.5 Å². The first-order valence-electron chi connectivity index (χ1n) is 9.18. The van der Waals surface area contributed by atoms with E-state index in [1.54, 1.807) is 0 Å². The molecule has 0 aromatic heterocycles. The topological polar surface area (TPSA) is 147 Å². The fraction of sp³-hybridized carbons (Fsp3) is 0. The lowest BCUT2D eigenvalue weighted by Crippen LogP contribution is -2.29. The summed E-state index contributed by atoms with van der Waals surface area (Å²) in [6.45, 7) is 0. The van der Waals surface area contributed by atoms with Crippen LogP contribution in [0.3, 0.4) is 0 Å². The van der Waals surface area contributed by atoms with Crippen LogP contribution in [0.15, 0.2) is 66.7 Å². The fourth-order valence-corrected chi connectivity index (χ4v) is 3.24. The number of benzene rings is 3. The Morgan fingerprint density at radius 3 is 2.03 bits per heavy atom. The number of nitro groups is 1. The second-order valence-corrected chi connectivity index (χ2v) is 6.82. The number of anilines is 2. The number of carboxylic acid groups (broad SMARTS) is 1. The number of imide groups is 1. The van der Waals surface area contributed by atoms with Crippen LogP contribution in [0, 0.1) is 10.1 Å². The van der Waals surface area contributed by atoms with E-state index in [4.69, 9.17) is 5.11 Å². The Bertz CT molecular complexity index is 1300. The number of carbonyl (C=O) groups excluding carboxylic acids is 3. The molecule has 0 aliphatic carbocycles. The molecule has 4 rings (SSSR count). The van der Waals surface area contributed by atoms with Gasteiger partial charge in [0.05, 0.1) is 27.3 Å². The van der Waals surface area contributed by atoms with Crippen molar-refractivity contribution in [3.63, 3.8) is 0 Å². The molecule has 3 aromatic rings. The second-order valence-electron chi connectivity index (χ2n) is 6.82. The first-order chi connectivity index (χ1) is 15.3. The van der Waals surface area contributed by atoms with E-state index in [1.165, 1.54) is 54.6 Å².